The molecule has 5 aromatic rings. The fraction of sp³-hybridized carbons (Fsp3) is 0.457. The van der Waals surface area contributed by atoms with Gasteiger partial charge >= 0.3 is 0 Å². The highest BCUT2D eigenvalue weighted by molar-refractivity contribution is 5.68. The van der Waals surface area contributed by atoms with Crippen LogP contribution < -0.4 is 34.5 Å². The van der Waals surface area contributed by atoms with Gasteiger partial charge in [0.2, 0.25) is 0 Å². The molecule has 2 aromatic carbocycles. The maximum atomic E-state index is 10.6. The molecule has 3 aromatic heterocycles. The fourth-order valence-corrected chi connectivity index (χ4v) is 7.31. The van der Waals surface area contributed by atoms with E-state index in [0.29, 0.717) is 72.3 Å². The first-order valence-corrected chi connectivity index (χ1v) is 21.3. The third kappa shape index (κ3) is 11.2. The number of rotatable bonds is 20. The van der Waals surface area contributed by atoms with Crippen LogP contribution in [-0.4, -0.2) is 128 Å². The summed E-state index contributed by atoms with van der Waals surface area (Å²) in [6.45, 7) is 5.17. The minimum Gasteiger partial charge on any atom is -0.491 e. The summed E-state index contributed by atoms with van der Waals surface area (Å²) >= 11 is 0. The number of benzene rings is 2. The van der Waals surface area contributed by atoms with Gasteiger partial charge in [-0.25, -0.2) is 24.5 Å². The number of aliphatic hydroxyl groups excluding tert-OH is 2. The minimum absolute atomic E-state index is 0.00866. The van der Waals surface area contributed by atoms with E-state index < -0.39 is 12.2 Å². The summed E-state index contributed by atoms with van der Waals surface area (Å²) in [5, 5.41) is 36.2. The van der Waals surface area contributed by atoms with Crippen LogP contribution in [0, 0.1) is 11.3 Å². The lowest BCUT2D eigenvalue weighted by molar-refractivity contribution is -0.598. The molecule has 2 atom stereocenters. The van der Waals surface area contributed by atoms with E-state index in [1.807, 2.05) is 71.2 Å². The van der Waals surface area contributed by atoms with Crippen LogP contribution in [0.1, 0.15) is 44.7 Å². The third-order valence-electron chi connectivity index (χ3n) is 11.4. The molecule has 326 valence electrons. The third-order valence-corrected chi connectivity index (χ3v) is 11.4. The SMILES string of the molecule is CNCC(O)COc1cccc(-c2nc(-c3cnc[n+](-c4cc(OCC(O)CNC)cc(-c5nc(N(C)C6CCOCC6)cc(C6(C)CC6)n5)c4)c3)cc(N(C)CCC#N)n2)c1. The van der Waals surface area contributed by atoms with Crippen LogP contribution in [0.4, 0.5) is 11.6 Å². The Morgan fingerprint density at radius 2 is 1.56 bits per heavy atom. The Balaban J connectivity index is 1.29. The molecular formula is C46H58N11O5+. The zero-order valence-corrected chi connectivity index (χ0v) is 36.3. The number of ether oxygens (including phenoxy) is 3. The highest BCUT2D eigenvalue weighted by Crippen LogP contribution is 2.48. The molecule has 16 nitrogen and oxygen atoms in total. The van der Waals surface area contributed by atoms with Crippen LogP contribution in [0.25, 0.3) is 39.7 Å². The van der Waals surface area contributed by atoms with Crippen LogP contribution in [-0.2, 0) is 10.2 Å². The predicted molar refractivity (Wildman–Crippen MR) is 236 cm³/mol. The molecule has 1 aliphatic heterocycles. The van der Waals surface area contributed by atoms with Crippen molar-refractivity contribution >= 4 is 11.6 Å². The quantitative estimate of drug-likeness (QED) is 0.0826. The zero-order chi connectivity index (χ0) is 43.6. The van der Waals surface area contributed by atoms with Crippen molar-refractivity contribution in [2.75, 3.05) is 84.1 Å². The average Bonchev–Trinajstić information content (AvgIpc) is 4.07. The Hall–Kier alpha value is -5.83. The van der Waals surface area contributed by atoms with Crippen molar-refractivity contribution in [1.29, 1.82) is 5.26 Å². The van der Waals surface area contributed by atoms with Crippen molar-refractivity contribution in [3.8, 4) is 57.3 Å². The monoisotopic (exact) mass is 844 g/mol. The standard InChI is InChI=1S/C46H58N11O5/c1-46(12-13-46)41-23-43(56(5)34-10-16-60-17-11-34)54-45(52-41)32-18-35(21-39(20-32)62-29-37(59)26-49-3)57-27-33(24-50-30-57)40-22-42(55(4)15-7-14-47)53-44(51-40)31-8-6-9-38(19-31)61-28-36(58)25-48-2/h6,8-9,18-24,27,30,34,36-37,48-49,58-59H,7,10-13,15-17,25-26,28-29H2,1-5H3/q+1. The van der Waals surface area contributed by atoms with Crippen LogP contribution in [0.2, 0.25) is 0 Å². The zero-order valence-electron chi connectivity index (χ0n) is 36.3. The molecule has 0 bridgehead atoms. The van der Waals surface area contributed by atoms with E-state index in [9.17, 15) is 15.5 Å². The largest absolute Gasteiger partial charge is 0.491 e. The van der Waals surface area contributed by atoms with Gasteiger partial charge in [-0.15, -0.1) is 0 Å². The molecule has 62 heavy (non-hydrogen) atoms. The second kappa shape index (κ2) is 20.4. The van der Waals surface area contributed by atoms with Gasteiger partial charge in [0, 0.05) is 87.7 Å². The molecule has 1 saturated heterocycles. The number of aliphatic hydroxyl groups is 2. The minimum atomic E-state index is -0.719. The van der Waals surface area contributed by atoms with Gasteiger partial charge in [-0.1, -0.05) is 24.0 Å². The van der Waals surface area contributed by atoms with Crippen molar-refractivity contribution in [2.24, 2.45) is 0 Å². The van der Waals surface area contributed by atoms with Gasteiger partial charge in [-0.3, -0.25) is 0 Å². The second-order valence-electron chi connectivity index (χ2n) is 16.4. The molecule has 1 aliphatic carbocycles. The van der Waals surface area contributed by atoms with E-state index in [0.717, 1.165) is 67.2 Å². The molecule has 16 heteroatoms. The molecule has 1 saturated carbocycles. The van der Waals surface area contributed by atoms with Crippen molar-refractivity contribution in [2.45, 2.75) is 62.7 Å². The van der Waals surface area contributed by atoms with Gasteiger partial charge in [-0.2, -0.15) is 5.26 Å². The van der Waals surface area contributed by atoms with Gasteiger partial charge in [0.1, 0.15) is 60.4 Å². The first kappa shape index (κ1) is 44.2. The van der Waals surface area contributed by atoms with E-state index in [1.165, 1.54) is 0 Å². The number of hydrogen-bond acceptors (Lipinski definition) is 15. The summed E-state index contributed by atoms with van der Waals surface area (Å²) in [6, 6.07) is 19.9. The summed E-state index contributed by atoms with van der Waals surface area (Å²) in [4.78, 5) is 29.2. The van der Waals surface area contributed by atoms with Crippen LogP contribution in [0.3, 0.4) is 0 Å². The van der Waals surface area contributed by atoms with E-state index in [4.69, 9.17) is 34.1 Å². The average molecular weight is 845 g/mol. The molecule has 4 heterocycles. The summed E-state index contributed by atoms with van der Waals surface area (Å²) in [5.74, 6) is 3.67. The number of anilines is 2. The lowest BCUT2D eigenvalue weighted by atomic mass is 10.0. The maximum absolute atomic E-state index is 10.6. The van der Waals surface area contributed by atoms with E-state index in [-0.39, 0.29) is 18.6 Å². The molecule has 0 radical (unpaired) electrons. The number of likely N-dealkylation sites (N-methyl/N-ethyl adjacent to an activating group) is 2. The smallest absolute Gasteiger partial charge is 0.291 e. The number of nitrogens with one attached hydrogen (secondary N) is 2. The molecule has 0 spiro atoms. The molecule has 4 N–H and O–H groups in total. The Kier molecular flexibility index (Phi) is 14.5. The van der Waals surface area contributed by atoms with Gasteiger partial charge in [-0.05, 0) is 64.0 Å². The van der Waals surface area contributed by atoms with Gasteiger partial charge in [0.15, 0.2) is 17.8 Å². The van der Waals surface area contributed by atoms with E-state index >= 15 is 0 Å². The number of hydrogen-bond donors (Lipinski definition) is 4. The van der Waals surface area contributed by atoms with Crippen LogP contribution in [0.15, 0.2) is 73.3 Å². The fourth-order valence-electron chi connectivity index (χ4n) is 7.31. The maximum Gasteiger partial charge on any atom is 0.291 e. The van der Waals surface area contributed by atoms with Gasteiger partial charge in [0.05, 0.1) is 29.4 Å². The Morgan fingerprint density at radius 3 is 2.27 bits per heavy atom. The van der Waals surface area contributed by atoms with E-state index in [1.54, 1.807) is 26.6 Å². The van der Waals surface area contributed by atoms with Crippen LogP contribution >= 0.6 is 0 Å². The highest BCUT2D eigenvalue weighted by Gasteiger charge is 2.41. The molecule has 2 aliphatic rings. The second-order valence-corrected chi connectivity index (χ2v) is 16.4. The molecule has 2 fully saturated rings. The Bertz CT molecular complexity index is 2330. The number of aromatic nitrogens is 6. The van der Waals surface area contributed by atoms with Gasteiger partial charge < -0.3 is 44.9 Å². The first-order chi connectivity index (χ1) is 30.0. The van der Waals surface area contributed by atoms with Gasteiger partial charge in [0.25, 0.3) is 6.33 Å². The molecular weight excluding hydrogens is 787 g/mol. The van der Waals surface area contributed by atoms with Crippen LogP contribution in [0.5, 0.6) is 11.5 Å². The van der Waals surface area contributed by atoms with Crippen molar-refractivity contribution in [3.05, 3.63) is 79.0 Å². The summed E-state index contributed by atoms with van der Waals surface area (Å²) in [7, 11) is 7.57. The summed E-state index contributed by atoms with van der Waals surface area (Å²) in [6.07, 6.45) is 8.35. The Morgan fingerprint density at radius 1 is 0.871 bits per heavy atom. The normalized spacial score (nSPS) is 15.6. The lowest BCUT2D eigenvalue weighted by Gasteiger charge is -2.32. The van der Waals surface area contributed by atoms with E-state index in [2.05, 4.69) is 46.6 Å². The first-order valence-electron chi connectivity index (χ1n) is 21.3. The molecule has 0 amide bonds. The van der Waals surface area contributed by atoms with Crippen molar-refractivity contribution in [1.82, 2.24) is 35.6 Å². The summed E-state index contributed by atoms with van der Waals surface area (Å²) in [5.41, 5.74) is 4.56. The summed E-state index contributed by atoms with van der Waals surface area (Å²) < 4.78 is 19.7. The topological polar surface area (TPSA) is 191 Å². The Labute approximate surface area is 363 Å². The predicted octanol–water partition coefficient (Wildman–Crippen LogP) is 3.87. The number of nitrogens with zero attached hydrogens (tertiary/aromatic N) is 9. The van der Waals surface area contributed by atoms with Crippen molar-refractivity contribution in [3.63, 3.8) is 0 Å². The number of nitriles is 1. The highest BCUT2D eigenvalue weighted by atomic mass is 16.5. The molecule has 7 rings (SSSR count). The van der Waals surface area contributed by atoms with Crippen molar-refractivity contribution < 1.29 is 29.0 Å². The lowest BCUT2D eigenvalue weighted by Crippen LogP contribution is -2.37. The molecule has 2 unspecified atom stereocenters.